The molecule has 1 fully saturated rings. The van der Waals surface area contributed by atoms with Crippen molar-refractivity contribution in [1.82, 2.24) is 9.80 Å². The molecule has 1 saturated heterocycles. The Morgan fingerprint density at radius 2 is 1.79 bits per heavy atom. The average Bonchev–Trinajstić information content (AvgIpc) is 3.29. The first-order valence-electron chi connectivity index (χ1n) is 11.7. The van der Waals surface area contributed by atoms with Gasteiger partial charge in [-0.2, -0.15) is 0 Å². The molecule has 0 aliphatic carbocycles. The van der Waals surface area contributed by atoms with Gasteiger partial charge in [0, 0.05) is 38.3 Å². The molecule has 2 aliphatic rings. The molecule has 2 aromatic rings. The Balaban J connectivity index is 1.77. The molecule has 0 unspecified atom stereocenters. The maximum Gasteiger partial charge on any atom is 0.295 e. The van der Waals surface area contributed by atoms with Crippen molar-refractivity contribution in [2.75, 3.05) is 46.2 Å². The van der Waals surface area contributed by atoms with E-state index in [1.54, 1.807) is 11.0 Å². The van der Waals surface area contributed by atoms with Crippen LogP contribution in [-0.2, 0) is 16.0 Å². The van der Waals surface area contributed by atoms with Gasteiger partial charge < -0.3 is 24.5 Å². The predicted molar refractivity (Wildman–Crippen MR) is 133 cm³/mol. The van der Waals surface area contributed by atoms with Crippen molar-refractivity contribution in [3.8, 4) is 5.75 Å². The van der Waals surface area contributed by atoms with Gasteiger partial charge in [0.1, 0.15) is 17.6 Å². The van der Waals surface area contributed by atoms with Crippen LogP contribution in [0.15, 0.2) is 48.0 Å². The second-order valence-corrected chi connectivity index (χ2v) is 9.59. The summed E-state index contributed by atoms with van der Waals surface area (Å²) >= 11 is 0. The smallest absolute Gasteiger partial charge is 0.295 e. The third kappa shape index (κ3) is 4.53. The highest BCUT2D eigenvalue weighted by Gasteiger charge is 2.45. The van der Waals surface area contributed by atoms with E-state index in [4.69, 9.17) is 4.74 Å². The minimum atomic E-state index is -0.644. The minimum Gasteiger partial charge on any atom is -0.507 e. The Kier molecular flexibility index (Phi) is 6.66. The lowest BCUT2D eigenvalue weighted by molar-refractivity contribution is -0.139. The fraction of sp³-hybridized carbons (Fsp3) is 0.407. The largest absolute Gasteiger partial charge is 0.507 e. The van der Waals surface area contributed by atoms with Gasteiger partial charge in [0.25, 0.3) is 11.7 Å². The lowest BCUT2D eigenvalue weighted by Gasteiger charge is -2.26. The summed E-state index contributed by atoms with van der Waals surface area (Å²) in [6.07, 6.45) is 1.54. The summed E-state index contributed by atoms with van der Waals surface area (Å²) in [5.74, 6) is -0.559. The van der Waals surface area contributed by atoms with Gasteiger partial charge in [0.2, 0.25) is 0 Å². The molecule has 0 aromatic heterocycles. The van der Waals surface area contributed by atoms with Gasteiger partial charge in [-0.3, -0.25) is 9.59 Å². The minimum absolute atomic E-state index is 0.0740. The van der Waals surface area contributed by atoms with E-state index in [2.05, 4.69) is 0 Å². The first-order valence-corrected chi connectivity index (χ1v) is 11.7. The van der Waals surface area contributed by atoms with Gasteiger partial charge >= 0.3 is 0 Å². The molecule has 0 bridgehead atoms. The zero-order valence-electron chi connectivity index (χ0n) is 20.5. The number of hydrogen-bond acceptors (Lipinski definition) is 6. The van der Waals surface area contributed by atoms with E-state index in [1.165, 1.54) is 0 Å². The number of anilines is 1. The van der Waals surface area contributed by atoms with Gasteiger partial charge in [-0.1, -0.05) is 12.1 Å². The third-order valence-electron chi connectivity index (χ3n) is 6.44. The van der Waals surface area contributed by atoms with Crippen molar-refractivity contribution >= 4 is 23.1 Å². The summed E-state index contributed by atoms with van der Waals surface area (Å²) < 4.78 is 5.77. The van der Waals surface area contributed by atoms with Gasteiger partial charge in [-0.15, -0.1) is 0 Å². The zero-order chi connectivity index (χ0) is 24.6. The van der Waals surface area contributed by atoms with Crippen LogP contribution in [0.25, 0.3) is 5.76 Å². The van der Waals surface area contributed by atoms with Crippen LogP contribution in [0.3, 0.4) is 0 Å². The summed E-state index contributed by atoms with van der Waals surface area (Å²) in [6, 6.07) is 12.6. The molecule has 7 nitrogen and oxygen atoms in total. The summed E-state index contributed by atoms with van der Waals surface area (Å²) in [7, 11) is 7.87. The number of rotatable bonds is 7. The number of carbonyl (C=O) groups excluding carboxylic acids is 2. The Morgan fingerprint density at radius 1 is 1.09 bits per heavy atom. The molecule has 180 valence electrons. The fourth-order valence-electron chi connectivity index (χ4n) is 4.69. The maximum absolute atomic E-state index is 13.2. The van der Waals surface area contributed by atoms with Crippen LogP contribution in [0.5, 0.6) is 5.75 Å². The average molecular weight is 464 g/mol. The molecule has 0 saturated carbocycles. The van der Waals surface area contributed by atoms with Crippen molar-refractivity contribution in [2.45, 2.75) is 31.9 Å². The van der Waals surface area contributed by atoms with E-state index < -0.39 is 17.7 Å². The van der Waals surface area contributed by atoms with Crippen LogP contribution in [0, 0.1) is 0 Å². The van der Waals surface area contributed by atoms with Crippen molar-refractivity contribution in [1.29, 1.82) is 0 Å². The zero-order valence-corrected chi connectivity index (χ0v) is 20.5. The molecule has 0 spiro atoms. The number of ether oxygens (including phenoxy) is 1. The third-order valence-corrected chi connectivity index (χ3v) is 6.44. The molecule has 4 rings (SSSR count). The molecule has 1 amide bonds. The number of Topliss-reactive ketones (excluding diaryl/α,β-unsaturated/α-hetero) is 1. The molecule has 7 heteroatoms. The van der Waals surface area contributed by atoms with E-state index >= 15 is 0 Å². The summed E-state index contributed by atoms with van der Waals surface area (Å²) in [5, 5.41) is 11.3. The summed E-state index contributed by atoms with van der Waals surface area (Å²) in [5.41, 5.74) is 3.47. The second kappa shape index (κ2) is 9.50. The summed E-state index contributed by atoms with van der Waals surface area (Å²) in [4.78, 5) is 32.0. The normalized spacial score (nSPS) is 21.2. The van der Waals surface area contributed by atoms with E-state index in [1.807, 2.05) is 81.3 Å². The first kappa shape index (κ1) is 23.8. The number of carbonyl (C=O) groups is 2. The van der Waals surface area contributed by atoms with Crippen LogP contribution in [-0.4, -0.2) is 74.0 Å². The molecule has 34 heavy (non-hydrogen) atoms. The standard InChI is InChI=1S/C27H33N3O4/c1-17-15-20-16-19(9-12-22(20)34-17)25(31)23-24(18-7-10-21(11-8-18)29(4)5)30(27(33)26(23)32)14-6-13-28(2)3/h7-12,16-17,24,31H,6,13-15H2,1-5H3/t17-,24+/m1/s1. The lowest BCUT2D eigenvalue weighted by atomic mass is 9.94. The van der Waals surface area contributed by atoms with Crippen LogP contribution in [0.2, 0.25) is 0 Å². The topological polar surface area (TPSA) is 73.3 Å². The van der Waals surface area contributed by atoms with Crippen LogP contribution in [0.1, 0.15) is 36.1 Å². The number of ketones is 1. The van der Waals surface area contributed by atoms with E-state index in [9.17, 15) is 14.7 Å². The Bertz CT molecular complexity index is 1120. The number of likely N-dealkylation sites (tertiary alicyclic amines) is 1. The molecular weight excluding hydrogens is 430 g/mol. The van der Waals surface area contributed by atoms with E-state index in [-0.39, 0.29) is 17.4 Å². The highest BCUT2D eigenvalue weighted by atomic mass is 16.5. The number of hydrogen-bond donors (Lipinski definition) is 1. The SMILES string of the molecule is C[C@@H]1Cc2cc(C(O)=C3C(=O)C(=O)N(CCCN(C)C)[C@H]3c3ccc(N(C)C)cc3)ccc2O1. The van der Waals surface area contributed by atoms with Gasteiger partial charge in [-0.05, 0) is 75.4 Å². The molecule has 1 N–H and O–H groups in total. The number of aliphatic hydroxyl groups is 1. The Morgan fingerprint density at radius 3 is 2.44 bits per heavy atom. The van der Waals surface area contributed by atoms with E-state index in [0.29, 0.717) is 12.1 Å². The number of benzene rings is 2. The molecule has 2 aromatic carbocycles. The van der Waals surface area contributed by atoms with Crippen molar-refractivity contribution in [2.24, 2.45) is 0 Å². The molecule has 0 radical (unpaired) electrons. The van der Waals surface area contributed by atoms with Gasteiger partial charge in [0.15, 0.2) is 0 Å². The predicted octanol–water partition coefficient (Wildman–Crippen LogP) is 3.45. The maximum atomic E-state index is 13.2. The number of amides is 1. The first-order chi connectivity index (χ1) is 16.2. The van der Waals surface area contributed by atoms with Gasteiger partial charge in [0.05, 0.1) is 11.6 Å². The lowest BCUT2D eigenvalue weighted by Crippen LogP contribution is -2.32. The van der Waals surface area contributed by atoms with Crippen molar-refractivity contribution in [3.63, 3.8) is 0 Å². The molecular formula is C27H33N3O4. The molecule has 2 heterocycles. The fourth-order valence-corrected chi connectivity index (χ4v) is 4.69. The number of nitrogens with zero attached hydrogens (tertiary/aromatic N) is 3. The quantitative estimate of drug-likeness (QED) is 0.385. The van der Waals surface area contributed by atoms with Crippen molar-refractivity contribution in [3.05, 3.63) is 64.7 Å². The van der Waals surface area contributed by atoms with Crippen LogP contribution < -0.4 is 9.64 Å². The van der Waals surface area contributed by atoms with Crippen molar-refractivity contribution < 1.29 is 19.4 Å². The van der Waals surface area contributed by atoms with Crippen LogP contribution in [0.4, 0.5) is 5.69 Å². The van der Waals surface area contributed by atoms with Crippen LogP contribution >= 0.6 is 0 Å². The highest BCUT2D eigenvalue weighted by Crippen LogP contribution is 2.41. The number of fused-ring (bicyclic) bond motifs is 1. The Hall–Kier alpha value is -3.32. The number of aliphatic hydroxyl groups excluding tert-OH is 1. The molecule has 2 aliphatic heterocycles. The highest BCUT2D eigenvalue weighted by molar-refractivity contribution is 6.46. The second-order valence-electron chi connectivity index (χ2n) is 9.59. The van der Waals surface area contributed by atoms with E-state index in [0.717, 1.165) is 42.0 Å². The molecule has 2 atom stereocenters. The Labute approximate surface area is 201 Å². The monoisotopic (exact) mass is 463 g/mol. The van der Waals surface area contributed by atoms with Gasteiger partial charge in [-0.25, -0.2) is 0 Å². The summed E-state index contributed by atoms with van der Waals surface area (Å²) in [6.45, 7) is 3.21.